The predicted molar refractivity (Wildman–Crippen MR) is 81.5 cm³/mol. The second-order valence-corrected chi connectivity index (χ2v) is 5.61. The minimum atomic E-state index is -0.923. The van der Waals surface area contributed by atoms with Crippen molar-refractivity contribution in [2.24, 2.45) is 5.92 Å². The quantitative estimate of drug-likeness (QED) is 0.931. The highest BCUT2D eigenvalue weighted by Crippen LogP contribution is 2.27. The molecule has 1 aliphatic rings. The molecule has 1 aromatic rings. The highest BCUT2D eigenvalue weighted by Gasteiger charge is 2.41. The number of nitrogens with zero attached hydrogens (tertiary/aromatic N) is 2. The number of rotatable bonds is 3. The number of hydrogen-bond donors (Lipinski definition) is 1. The van der Waals surface area contributed by atoms with Crippen LogP contribution in [0.1, 0.15) is 25.8 Å². The van der Waals surface area contributed by atoms with Crippen LogP contribution in [0.25, 0.3) is 0 Å². The Morgan fingerprint density at radius 1 is 1.43 bits per heavy atom. The zero-order valence-electron chi connectivity index (χ0n) is 12.7. The summed E-state index contributed by atoms with van der Waals surface area (Å²) < 4.78 is 0. The molecule has 0 aliphatic carbocycles. The minimum absolute atomic E-state index is 0.0114. The normalized spacial score (nSPS) is 21.4. The summed E-state index contributed by atoms with van der Waals surface area (Å²) in [6, 6.07) is 6.75. The number of carboxylic acids is 1. The van der Waals surface area contributed by atoms with Gasteiger partial charge in [0.05, 0.1) is 0 Å². The molecule has 1 heterocycles. The molecule has 2 amide bonds. The molecule has 1 aliphatic heterocycles. The number of amides is 2. The number of carboxylic acid groups (broad SMARTS) is 1. The number of urea groups is 1. The van der Waals surface area contributed by atoms with Gasteiger partial charge in [-0.2, -0.15) is 0 Å². The molecule has 0 radical (unpaired) electrons. The average Bonchev–Trinajstić information content (AvgIpc) is 2.81. The molecule has 0 spiro atoms. The Bertz CT molecular complexity index is 544. The molecule has 21 heavy (non-hydrogen) atoms. The maximum atomic E-state index is 12.7. The molecule has 1 fully saturated rings. The molecule has 1 aromatic carbocycles. The van der Waals surface area contributed by atoms with Gasteiger partial charge in [-0.05, 0) is 43.9 Å². The van der Waals surface area contributed by atoms with E-state index in [1.54, 1.807) is 4.90 Å². The Kier molecular flexibility index (Phi) is 4.50. The van der Waals surface area contributed by atoms with Crippen LogP contribution in [-0.4, -0.2) is 41.1 Å². The first kappa shape index (κ1) is 15.4. The number of hydrogen-bond acceptors (Lipinski definition) is 2. The van der Waals surface area contributed by atoms with Gasteiger partial charge in [-0.1, -0.05) is 19.1 Å². The van der Waals surface area contributed by atoms with Crippen molar-refractivity contribution in [3.63, 3.8) is 0 Å². The zero-order valence-corrected chi connectivity index (χ0v) is 12.7. The Labute approximate surface area is 125 Å². The van der Waals surface area contributed by atoms with E-state index in [1.165, 1.54) is 4.90 Å². The Morgan fingerprint density at radius 2 is 2.14 bits per heavy atom. The molecule has 1 saturated heterocycles. The summed E-state index contributed by atoms with van der Waals surface area (Å²) in [4.78, 5) is 27.3. The van der Waals surface area contributed by atoms with Crippen molar-refractivity contribution in [1.29, 1.82) is 0 Å². The summed E-state index contributed by atoms with van der Waals surface area (Å²) in [6.45, 7) is 6.77. The third-order valence-electron chi connectivity index (χ3n) is 4.06. The van der Waals surface area contributed by atoms with Gasteiger partial charge in [0, 0.05) is 18.8 Å². The average molecular weight is 290 g/mol. The number of likely N-dealkylation sites (tertiary alicyclic amines) is 1. The molecular formula is C16H22N2O3. The van der Waals surface area contributed by atoms with Gasteiger partial charge in [0.2, 0.25) is 0 Å². The van der Waals surface area contributed by atoms with Gasteiger partial charge >= 0.3 is 12.0 Å². The molecule has 114 valence electrons. The maximum absolute atomic E-state index is 12.7. The van der Waals surface area contributed by atoms with Crippen LogP contribution in [0.3, 0.4) is 0 Å². The van der Waals surface area contributed by atoms with Crippen molar-refractivity contribution >= 4 is 17.7 Å². The molecule has 5 nitrogen and oxygen atoms in total. The molecule has 2 atom stereocenters. The lowest BCUT2D eigenvalue weighted by Crippen LogP contribution is -2.49. The van der Waals surface area contributed by atoms with Crippen LogP contribution in [0, 0.1) is 12.8 Å². The maximum Gasteiger partial charge on any atom is 0.326 e. The van der Waals surface area contributed by atoms with Crippen molar-refractivity contribution in [1.82, 2.24) is 4.90 Å². The van der Waals surface area contributed by atoms with Crippen LogP contribution in [0.2, 0.25) is 0 Å². The second-order valence-electron chi connectivity index (χ2n) is 5.61. The highest BCUT2D eigenvalue weighted by atomic mass is 16.4. The Morgan fingerprint density at radius 3 is 2.71 bits per heavy atom. The number of carbonyl (C=O) groups excluding carboxylic acids is 1. The molecular weight excluding hydrogens is 268 g/mol. The lowest BCUT2D eigenvalue weighted by atomic mass is 10.0. The standard InChI is InChI=1S/C16H22N2O3/c1-4-17(13-7-5-6-11(2)10-13)16(21)18-9-8-12(3)14(18)15(19)20/h5-7,10,12,14H,4,8-9H2,1-3H3,(H,19,20). The first-order valence-corrected chi connectivity index (χ1v) is 7.33. The molecule has 1 N–H and O–H groups in total. The Hall–Kier alpha value is -2.04. The van der Waals surface area contributed by atoms with Crippen LogP contribution in [0.4, 0.5) is 10.5 Å². The van der Waals surface area contributed by atoms with Crippen molar-refractivity contribution in [2.45, 2.75) is 33.2 Å². The van der Waals surface area contributed by atoms with Gasteiger partial charge in [-0.15, -0.1) is 0 Å². The molecule has 2 rings (SSSR count). The monoisotopic (exact) mass is 290 g/mol. The van der Waals surface area contributed by atoms with E-state index < -0.39 is 12.0 Å². The largest absolute Gasteiger partial charge is 0.480 e. The summed E-state index contributed by atoms with van der Waals surface area (Å²) in [5.74, 6) is -0.934. The third-order valence-corrected chi connectivity index (χ3v) is 4.06. The highest BCUT2D eigenvalue weighted by molar-refractivity contribution is 5.95. The Balaban J connectivity index is 2.26. The fourth-order valence-corrected chi connectivity index (χ4v) is 2.92. The first-order valence-electron chi connectivity index (χ1n) is 7.33. The summed E-state index contributed by atoms with van der Waals surface area (Å²) in [5, 5.41) is 9.36. The number of anilines is 1. The van der Waals surface area contributed by atoms with Crippen LogP contribution in [0.15, 0.2) is 24.3 Å². The first-order chi connectivity index (χ1) is 9.95. The number of benzene rings is 1. The lowest BCUT2D eigenvalue weighted by molar-refractivity contribution is -0.142. The van der Waals surface area contributed by atoms with Crippen LogP contribution in [0.5, 0.6) is 0 Å². The van der Waals surface area contributed by atoms with E-state index in [2.05, 4.69) is 0 Å². The molecule has 0 aromatic heterocycles. The van der Waals surface area contributed by atoms with E-state index in [9.17, 15) is 14.7 Å². The van der Waals surface area contributed by atoms with Gasteiger partial charge in [0.25, 0.3) is 0 Å². The SMILES string of the molecule is CCN(C(=O)N1CCC(C)C1C(=O)O)c1cccc(C)c1. The summed E-state index contributed by atoms with van der Waals surface area (Å²) in [7, 11) is 0. The molecule has 0 bridgehead atoms. The fourth-order valence-electron chi connectivity index (χ4n) is 2.92. The van der Waals surface area contributed by atoms with Gasteiger partial charge in [-0.3, -0.25) is 4.90 Å². The van der Waals surface area contributed by atoms with Crippen molar-refractivity contribution in [3.05, 3.63) is 29.8 Å². The van der Waals surface area contributed by atoms with Crippen LogP contribution in [-0.2, 0) is 4.79 Å². The van der Waals surface area contributed by atoms with E-state index in [4.69, 9.17) is 0 Å². The van der Waals surface area contributed by atoms with Gasteiger partial charge < -0.3 is 10.0 Å². The predicted octanol–water partition coefficient (Wildman–Crippen LogP) is 2.74. The molecule has 0 saturated carbocycles. The zero-order chi connectivity index (χ0) is 15.6. The second kappa shape index (κ2) is 6.16. The number of carbonyl (C=O) groups is 2. The minimum Gasteiger partial charge on any atom is -0.480 e. The van der Waals surface area contributed by atoms with E-state index >= 15 is 0 Å². The van der Waals surface area contributed by atoms with Crippen molar-refractivity contribution < 1.29 is 14.7 Å². The number of aryl methyl sites for hydroxylation is 1. The van der Waals surface area contributed by atoms with E-state index in [0.29, 0.717) is 13.1 Å². The van der Waals surface area contributed by atoms with Gasteiger partial charge in [-0.25, -0.2) is 9.59 Å². The fraction of sp³-hybridized carbons (Fsp3) is 0.500. The number of aliphatic carboxylic acids is 1. The van der Waals surface area contributed by atoms with Gasteiger partial charge in [0.15, 0.2) is 0 Å². The summed E-state index contributed by atoms with van der Waals surface area (Å²) >= 11 is 0. The van der Waals surface area contributed by atoms with Gasteiger partial charge in [0.1, 0.15) is 6.04 Å². The van der Waals surface area contributed by atoms with E-state index in [1.807, 2.05) is 45.0 Å². The molecule has 5 heteroatoms. The topological polar surface area (TPSA) is 60.9 Å². The summed E-state index contributed by atoms with van der Waals surface area (Å²) in [5.41, 5.74) is 1.88. The van der Waals surface area contributed by atoms with Crippen molar-refractivity contribution in [3.8, 4) is 0 Å². The van der Waals surface area contributed by atoms with E-state index in [0.717, 1.165) is 17.7 Å². The smallest absolute Gasteiger partial charge is 0.326 e. The van der Waals surface area contributed by atoms with Crippen molar-refractivity contribution in [2.75, 3.05) is 18.0 Å². The lowest BCUT2D eigenvalue weighted by Gasteiger charge is -2.30. The van der Waals surface area contributed by atoms with Crippen LogP contribution >= 0.6 is 0 Å². The third kappa shape index (κ3) is 3.01. The van der Waals surface area contributed by atoms with Crippen LogP contribution < -0.4 is 4.90 Å². The molecule has 2 unspecified atom stereocenters. The summed E-state index contributed by atoms with van der Waals surface area (Å²) in [6.07, 6.45) is 0.730. The van der Waals surface area contributed by atoms with E-state index in [-0.39, 0.29) is 11.9 Å².